The van der Waals surface area contributed by atoms with E-state index in [1.807, 2.05) is 29.6 Å². The van der Waals surface area contributed by atoms with Crippen LogP contribution in [0.4, 0.5) is 5.00 Å². The summed E-state index contributed by atoms with van der Waals surface area (Å²) in [5.41, 5.74) is 2.34. The molecule has 0 atom stereocenters. The van der Waals surface area contributed by atoms with E-state index in [1.165, 1.54) is 11.3 Å². The summed E-state index contributed by atoms with van der Waals surface area (Å²) in [6.45, 7) is 1.99. The maximum absolute atomic E-state index is 12.6. The van der Waals surface area contributed by atoms with Crippen molar-refractivity contribution in [3.63, 3.8) is 0 Å². The number of thiophene rings is 1. The predicted molar refractivity (Wildman–Crippen MR) is 113 cm³/mol. The van der Waals surface area contributed by atoms with E-state index in [2.05, 4.69) is 21.2 Å². The van der Waals surface area contributed by atoms with E-state index in [9.17, 15) is 9.59 Å². The lowest BCUT2D eigenvalue weighted by Gasteiger charge is -2.09. The number of anilines is 1. The number of esters is 1. The molecule has 0 saturated carbocycles. The van der Waals surface area contributed by atoms with Gasteiger partial charge in [0.15, 0.2) is 0 Å². The molecular weight excluding hydrogens is 450 g/mol. The average Bonchev–Trinajstić information content (AvgIpc) is 3.06. The predicted octanol–water partition coefficient (Wildman–Crippen LogP) is 6.26. The molecule has 0 fully saturated rings. The van der Waals surface area contributed by atoms with Crippen molar-refractivity contribution in [2.75, 3.05) is 11.9 Å². The van der Waals surface area contributed by atoms with E-state index in [0.29, 0.717) is 26.7 Å². The van der Waals surface area contributed by atoms with Crippen LogP contribution in [0.25, 0.3) is 11.1 Å². The lowest BCUT2D eigenvalue weighted by atomic mass is 10.0. The molecule has 0 aliphatic heterocycles. The van der Waals surface area contributed by atoms with Crippen molar-refractivity contribution < 1.29 is 14.3 Å². The number of carbonyl (C=O) groups is 2. The zero-order chi connectivity index (χ0) is 19.4. The van der Waals surface area contributed by atoms with Gasteiger partial charge in [0, 0.05) is 26.0 Å². The Hall–Kier alpha value is -2.15. The maximum Gasteiger partial charge on any atom is 0.341 e. The minimum Gasteiger partial charge on any atom is -0.462 e. The summed E-state index contributed by atoms with van der Waals surface area (Å²) < 4.78 is 6.14. The van der Waals surface area contributed by atoms with E-state index in [1.54, 1.807) is 31.2 Å². The average molecular weight is 465 g/mol. The van der Waals surface area contributed by atoms with Gasteiger partial charge >= 0.3 is 5.97 Å². The Morgan fingerprint density at radius 1 is 1.19 bits per heavy atom. The van der Waals surface area contributed by atoms with Crippen LogP contribution in [0.2, 0.25) is 5.02 Å². The van der Waals surface area contributed by atoms with Crippen molar-refractivity contribution in [3.8, 4) is 11.1 Å². The van der Waals surface area contributed by atoms with Gasteiger partial charge in [-0.15, -0.1) is 11.3 Å². The molecule has 3 aromatic rings. The summed E-state index contributed by atoms with van der Waals surface area (Å²) >= 11 is 10.6. The number of rotatable bonds is 5. The molecular formula is C20H15BrClNO3S. The minimum absolute atomic E-state index is 0.246. The van der Waals surface area contributed by atoms with Gasteiger partial charge in [0.1, 0.15) is 10.6 Å². The van der Waals surface area contributed by atoms with Gasteiger partial charge in [0.05, 0.1) is 6.61 Å². The Bertz CT molecular complexity index is 985. The number of hydrogen-bond acceptors (Lipinski definition) is 4. The number of halogens is 2. The highest BCUT2D eigenvalue weighted by Crippen LogP contribution is 2.37. The Balaban J connectivity index is 1.98. The lowest BCUT2D eigenvalue weighted by molar-refractivity contribution is 0.0529. The summed E-state index contributed by atoms with van der Waals surface area (Å²) in [7, 11) is 0. The van der Waals surface area contributed by atoms with Crippen molar-refractivity contribution in [1.82, 2.24) is 0 Å². The Morgan fingerprint density at radius 2 is 1.93 bits per heavy atom. The fourth-order valence-corrected chi connectivity index (χ4v) is 3.91. The first kappa shape index (κ1) is 19.6. The molecule has 2 aromatic carbocycles. The fraction of sp³-hybridized carbons (Fsp3) is 0.100. The monoisotopic (exact) mass is 463 g/mol. The lowest BCUT2D eigenvalue weighted by Crippen LogP contribution is -2.14. The first-order valence-electron chi connectivity index (χ1n) is 8.11. The molecule has 7 heteroatoms. The van der Waals surface area contributed by atoms with Gasteiger partial charge in [-0.3, -0.25) is 4.79 Å². The van der Waals surface area contributed by atoms with Crippen LogP contribution in [0.5, 0.6) is 0 Å². The van der Waals surface area contributed by atoms with Crippen LogP contribution in [0.1, 0.15) is 27.6 Å². The Kier molecular flexibility index (Phi) is 6.31. The summed E-state index contributed by atoms with van der Waals surface area (Å²) in [5.74, 6) is -0.815. The standard InChI is InChI=1S/C20H15BrClNO3S/c1-2-26-20(25)17-16(12-6-8-14(21)9-7-12)11-27-19(17)23-18(24)13-4-3-5-15(22)10-13/h3-11H,2H2,1H3,(H,23,24). The van der Waals surface area contributed by atoms with Gasteiger partial charge in [0.25, 0.3) is 5.91 Å². The van der Waals surface area contributed by atoms with Crippen molar-refractivity contribution in [1.29, 1.82) is 0 Å². The highest BCUT2D eigenvalue weighted by molar-refractivity contribution is 9.10. The van der Waals surface area contributed by atoms with Crippen LogP contribution in [-0.4, -0.2) is 18.5 Å². The van der Waals surface area contributed by atoms with Crippen molar-refractivity contribution >= 4 is 55.7 Å². The molecule has 0 saturated heterocycles. The van der Waals surface area contributed by atoms with Crippen LogP contribution in [0.3, 0.4) is 0 Å². The third-order valence-electron chi connectivity index (χ3n) is 3.74. The first-order valence-corrected chi connectivity index (χ1v) is 10.2. The van der Waals surface area contributed by atoms with E-state index in [0.717, 1.165) is 10.0 Å². The minimum atomic E-state index is -0.474. The third-order valence-corrected chi connectivity index (χ3v) is 5.40. The van der Waals surface area contributed by atoms with Crippen LogP contribution in [0, 0.1) is 0 Å². The molecule has 138 valence electrons. The highest BCUT2D eigenvalue weighted by Gasteiger charge is 2.23. The van der Waals surface area contributed by atoms with E-state index in [4.69, 9.17) is 16.3 Å². The van der Waals surface area contributed by atoms with E-state index < -0.39 is 5.97 Å². The largest absolute Gasteiger partial charge is 0.462 e. The molecule has 1 aromatic heterocycles. The normalized spacial score (nSPS) is 10.5. The van der Waals surface area contributed by atoms with Gasteiger partial charge in [-0.1, -0.05) is 45.7 Å². The smallest absolute Gasteiger partial charge is 0.341 e. The van der Waals surface area contributed by atoms with Gasteiger partial charge in [-0.2, -0.15) is 0 Å². The molecule has 1 N–H and O–H groups in total. The second-order valence-corrected chi connectivity index (χ2v) is 7.78. The molecule has 1 amide bonds. The van der Waals surface area contributed by atoms with Crippen molar-refractivity contribution in [2.24, 2.45) is 0 Å². The summed E-state index contributed by atoms with van der Waals surface area (Å²) in [6.07, 6.45) is 0. The van der Waals surface area contributed by atoms with Crippen LogP contribution < -0.4 is 5.32 Å². The van der Waals surface area contributed by atoms with Crippen LogP contribution in [0.15, 0.2) is 58.4 Å². The topological polar surface area (TPSA) is 55.4 Å². The van der Waals surface area contributed by atoms with Gasteiger partial charge in [-0.05, 0) is 42.8 Å². The zero-order valence-electron chi connectivity index (χ0n) is 14.3. The molecule has 0 aliphatic rings. The Labute approximate surface area is 174 Å². The molecule has 4 nitrogen and oxygen atoms in total. The second kappa shape index (κ2) is 8.69. The number of carbonyl (C=O) groups excluding carboxylic acids is 2. The third kappa shape index (κ3) is 4.58. The van der Waals surface area contributed by atoms with Gasteiger partial charge < -0.3 is 10.1 Å². The van der Waals surface area contributed by atoms with E-state index >= 15 is 0 Å². The summed E-state index contributed by atoms with van der Waals surface area (Å²) in [5, 5.41) is 5.55. The molecule has 0 spiro atoms. The quantitative estimate of drug-likeness (QED) is 0.453. The summed E-state index contributed by atoms with van der Waals surface area (Å²) in [4.78, 5) is 25.1. The first-order chi connectivity index (χ1) is 13.0. The van der Waals surface area contributed by atoms with Crippen molar-refractivity contribution in [2.45, 2.75) is 6.92 Å². The SMILES string of the molecule is CCOC(=O)c1c(-c2ccc(Br)cc2)csc1NC(=O)c1cccc(Cl)c1. The number of nitrogens with one attached hydrogen (secondary N) is 1. The van der Waals surface area contributed by atoms with E-state index in [-0.39, 0.29) is 12.5 Å². The number of benzene rings is 2. The highest BCUT2D eigenvalue weighted by atomic mass is 79.9. The van der Waals surface area contributed by atoms with Crippen LogP contribution >= 0.6 is 38.9 Å². The molecule has 0 radical (unpaired) electrons. The maximum atomic E-state index is 12.6. The molecule has 0 aliphatic carbocycles. The molecule has 27 heavy (non-hydrogen) atoms. The second-order valence-electron chi connectivity index (χ2n) is 5.55. The number of ether oxygens (including phenoxy) is 1. The zero-order valence-corrected chi connectivity index (χ0v) is 17.5. The fourth-order valence-electron chi connectivity index (χ4n) is 2.50. The number of hydrogen-bond donors (Lipinski definition) is 1. The molecule has 3 rings (SSSR count). The molecule has 1 heterocycles. The molecule has 0 unspecified atom stereocenters. The van der Waals surface area contributed by atoms with Gasteiger partial charge in [0.2, 0.25) is 0 Å². The summed E-state index contributed by atoms with van der Waals surface area (Å²) in [6, 6.07) is 14.2. The van der Waals surface area contributed by atoms with Crippen LogP contribution in [-0.2, 0) is 4.74 Å². The Morgan fingerprint density at radius 3 is 2.59 bits per heavy atom. The van der Waals surface area contributed by atoms with Crippen molar-refractivity contribution in [3.05, 3.63) is 74.5 Å². The number of amides is 1. The van der Waals surface area contributed by atoms with Gasteiger partial charge in [-0.25, -0.2) is 4.79 Å². The molecule has 0 bridgehead atoms.